The van der Waals surface area contributed by atoms with E-state index in [-0.39, 0.29) is 38.6 Å². The second-order valence-corrected chi connectivity index (χ2v) is 29.4. The van der Waals surface area contributed by atoms with Gasteiger partial charge in [0.1, 0.15) is 6.61 Å². The van der Waals surface area contributed by atoms with Gasteiger partial charge in [-0.25, -0.2) is 4.57 Å². The van der Waals surface area contributed by atoms with Crippen molar-refractivity contribution in [1.29, 1.82) is 0 Å². The molecular weight excluding hydrogens is 1220 g/mol. The molecule has 0 spiro atoms. The number of hydrogen-bond donors (Lipinski definition) is 2. The molecule has 3 N–H and O–H groups in total. The third kappa shape index (κ3) is 81.8. The van der Waals surface area contributed by atoms with Crippen molar-refractivity contribution in [2.24, 2.45) is 5.73 Å². The van der Waals surface area contributed by atoms with Crippen molar-refractivity contribution in [2.75, 3.05) is 26.4 Å². The molecule has 0 aliphatic heterocycles. The van der Waals surface area contributed by atoms with Crippen LogP contribution in [-0.4, -0.2) is 49.3 Å². The Morgan fingerprint density at radius 3 is 0.794 bits per heavy atom. The Labute approximate surface area is 601 Å². The third-order valence-electron chi connectivity index (χ3n) is 18.5. The molecule has 0 fully saturated rings. The summed E-state index contributed by atoms with van der Waals surface area (Å²) in [5.41, 5.74) is 5.42. The van der Waals surface area contributed by atoms with E-state index in [4.69, 9.17) is 24.3 Å². The molecule has 9 nitrogen and oxygen atoms in total. The molecule has 2 atom stereocenters. The molecule has 0 radical (unpaired) electrons. The quantitative estimate of drug-likeness (QED) is 0.0264. The molecule has 0 aliphatic rings. The Bertz CT molecular complexity index is 1920. The number of esters is 2. The second-order valence-electron chi connectivity index (χ2n) is 27.9. The van der Waals surface area contributed by atoms with Gasteiger partial charge in [-0.15, -0.1) is 0 Å². The van der Waals surface area contributed by atoms with Gasteiger partial charge in [0.05, 0.1) is 13.2 Å². The van der Waals surface area contributed by atoms with Crippen LogP contribution in [0.3, 0.4) is 0 Å². The van der Waals surface area contributed by atoms with Crippen molar-refractivity contribution >= 4 is 19.8 Å². The fourth-order valence-corrected chi connectivity index (χ4v) is 13.2. The molecule has 10 heteroatoms. The van der Waals surface area contributed by atoms with Crippen molar-refractivity contribution in [3.8, 4) is 0 Å². The first-order chi connectivity index (χ1) is 47.8. The lowest BCUT2D eigenvalue weighted by molar-refractivity contribution is -0.161. The second kappa shape index (κ2) is 81.9. The first-order valence-electron chi connectivity index (χ1n) is 41.7. The summed E-state index contributed by atoms with van der Waals surface area (Å²) in [7, 11) is -4.40. The lowest BCUT2D eigenvalue weighted by Gasteiger charge is -2.19. The van der Waals surface area contributed by atoms with E-state index in [0.717, 1.165) is 83.5 Å². The highest BCUT2D eigenvalue weighted by Crippen LogP contribution is 2.43. The van der Waals surface area contributed by atoms with Crippen molar-refractivity contribution in [3.63, 3.8) is 0 Å². The van der Waals surface area contributed by atoms with E-state index in [1.807, 2.05) is 0 Å². The zero-order chi connectivity index (χ0) is 70.0. The van der Waals surface area contributed by atoms with Gasteiger partial charge < -0.3 is 20.1 Å². The number of nitrogens with two attached hydrogens (primary N) is 1. The van der Waals surface area contributed by atoms with Crippen LogP contribution in [0.5, 0.6) is 0 Å². The number of allylic oxidation sites excluding steroid dienone is 16. The average Bonchev–Trinajstić information content (AvgIpc) is 2.57. The maximum absolute atomic E-state index is 12.8. The van der Waals surface area contributed by atoms with Gasteiger partial charge in [-0.3, -0.25) is 18.6 Å². The molecule has 2 unspecified atom stereocenters. The van der Waals surface area contributed by atoms with Gasteiger partial charge in [-0.1, -0.05) is 406 Å². The predicted octanol–water partition coefficient (Wildman–Crippen LogP) is 28.2. The summed E-state index contributed by atoms with van der Waals surface area (Å²) < 4.78 is 33.3. The summed E-state index contributed by atoms with van der Waals surface area (Å²) in [6.45, 7) is 3.59. The molecule has 0 aromatic heterocycles. The predicted molar refractivity (Wildman–Crippen MR) is 422 cm³/mol. The maximum Gasteiger partial charge on any atom is 0.472 e. The SMILES string of the molecule is CC/C=C\C/C=C\C/C=C\C/C=C\CCCCCCCCCCCCCCCCCCCCCCCCCCCCCCC(=O)OC(COC(=O)CCCCCCCCCCCCCCCCCCCCCCCC/C=C\C/C=C\C/C=C\C/C=C\CC)COP(=O)(O)OCCN. The average molecular weight is 1380 g/mol. The molecule has 0 heterocycles. The molecule has 0 rings (SSSR count). The number of carbonyl (C=O) groups is 2. The van der Waals surface area contributed by atoms with Crippen LogP contribution in [0.1, 0.15) is 412 Å². The van der Waals surface area contributed by atoms with Crippen LogP contribution >= 0.6 is 7.82 Å². The summed E-state index contributed by atoms with van der Waals surface area (Å²) in [6, 6.07) is 0. The van der Waals surface area contributed by atoms with Gasteiger partial charge in [0.25, 0.3) is 0 Å². The number of rotatable bonds is 79. The van der Waals surface area contributed by atoms with Gasteiger partial charge in [0.15, 0.2) is 6.10 Å². The highest BCUT2D eigenvalue weighted by molar-refractivity contribution is 7.47. The number of ether oxygens (including phenoxy) is 2. The van der Waals surface area contributed by atoms with Crippen LogP contribution in [0.25, 0.3) is 0 Å². The highest BCUT2D eigenvalue weighted by Gasteiger charge is 2.26. The van der Waals surface area contributed by atoms with Crippen LogP contribution in [-0.2, 0) is 32.7 Å². The van der Waals surface area contributed by atoms with E-state index in [9.17, 15) is 19.0 Å². The largest absolute Gasteiger partial charge is 0.472 e. The summed E-state index contributed by atoms with van der Waals surface area (Å²) >= 11 is 0. The Balaban J connectivity index is 3.73. The molecule has 0 aromatic rings. The number of carbonyl (C=O) groups excluding carboxylic acids is 2. The first kappa shape index (κ1) is 93.9. The number of phosphoric ester groups is 1. The normalized spacial score (nSPS) is 13.3. The van der Waals surface area contributed by atoms with E-state index in [1.54, 1.807) is 0 Å². The van der Waals surface area contributed by atoms with Gasteiger partial charge in [-0.05, 0) is 89.9 Å². The lowest BCUT2D eigenvalue weighted by Crippen LogP contribution is -2.29. The minimum atomic E-state index is -4.40. The Morgan fingerprint density at radius 1 is 0.309 bits per heavy atom. The number of hydrogen-bond acceptors (Lipinski definition) is 8. The fourth-order valence-electron chi connectivity index (χ4n) is 12.4. The van der Waals surface area contributed by atoms with Crippen molar-refractivity contribution in [3.05, 3.63) is 97.2 Å². The topological polar surface area (TPSA) is 134 Å². The monoisotopic (exact) mass is 1380 g/mol. The zero-order valence-corrected chi connectivity index (χ0v) is 64.7. The zero-order valence-electron chi connectivity index (χ0n) is 63.8. The van der Waals surface area contributed by atoms with Crippen molar-refractivity contribution < 1.29 is 37.6 Å². The molecule has 0 aliphatic carbocycles. The van der Waals surface area contributed by atoms with Crippen LogP contribution in [0, 0.1) is 0 Å². The molecule has 564 valence electrons. The Hall–Kier alpha value is -3.07. The molecule has 0 bridgehead atoms. The fraction of sp³-hybridized carbons (Fsp3) is 0.793. The maximum atomic E-state index is 12.8. The molecule has 0 saturated carbocycles. The van der Waals surface area contributed by atoms with Gasteiger partial charge in [0.2, 0.25) is 0 Å². The summed E-state index contributed by atoms with van der Waals surface area (Å²) in [5, 5.41) is 0. The van der Waals surface area contributed by atoms with Gasteiger partial charge in [-0.2, -0.15) is 0 Å². The van der Waals surface area contributed by atoms with Crippen molar-refractivity contribution in [1.82, 2.24) is 0 Å². The van der Waals surface area contributed by atoms with Crippen molar-refractivity contribution in [2.45, 2.75) is 418 Å². The molecule has 0 aromatic carbocycles. The minimum absolute atomic E-state index is 0.0545. The van der Waals surface area contributed by atoms with Crippen LogP contribution in [0.4, 0.5) is 0 Å². The highest BCUT2D eigenvalue weighted by atomic mass is 31.2. The lowest BCUT2D eigenvalue weighted by atomic mass is 10.0. The Morgan fingerprint density at radius 2 is 0.536 bits per heavy atom. The summed E-state index contributed by atoms with van der Waals surface area (Å²) in [5.74, 6) is -0.805. The minimum Gasteiger partial charge on any atom is -0.462 e. The van der Waals surface area contributed by atoms with Crippen LogP contribution < -0.4 is 5.73 Å². The first-order valence-corrected chi connectivity index (χ1v) is 43.2. The van der Waals surface area contributed by atoms with E-state index in [2.05, 4.69) is 111 Å². The van der Waals surface area contributed by atoms with Crippen LogP contribution in [0.2, 0.25) is 0 Å². The van der Waals surface area contributed by atoms with E-state index >= 15 is 0 Å². The molecular formula is C87H158NO8P. The van der Waals surface area contributed by atoms with E-state index in [1.165, 1.54) is 295 Å². The Kier molecular flexibility index (Phi) is 79.3. The molecule has 97 heavy (non-hydrogen) atoms. The molecule has 0 saturated heterocycles. The summed E-state index contributed by atoms with van der Waals surface area (Å²) in [6.07, 6.45) is 113. The van der Waals surface area contributed by atoms with E-state index < -0.39 is 26.5 Å². The standard InChI is InChI=1S/C87H158NO8P/c1-3-5-7-9-11-13-15-17-19-21-23-25-27-29-31-33-35-37-39-40-41-42-43-44-46-48-50-52-54-56-58-60-62-64-66-68-70-72-74-76-78-80-87(90)96-85(84-95-97(91,92)94-82-81-88)83-93-86(89)79-77-75-73-71-69-67-65-63-61-59-57-55-53-51-49-47-45-38-36-34-32-30-28-26-24-22-20-18-16-14-12-10-8-6-4-2/h5-8,11-14,17-20,23-26,85H,3-4,9-10,15-16,21-22,27-84,88H2,1-2H3,(H,91,92)/b7-5-,8-6-,13-11-,14-12-,19-17-,20-18-,25-23-,26-24-. The molecule has 0 amide bonds. The third-order valence-corrected chi connectivity index (χ3v) is 19.4. The number of unbranched alkanes of at least 4 members (excludes halogenated alkanes) is 50. The van der Waals surface area contributed by atoms with Gasteiger partial charge in [0, 0.05) is 19.4 Å². The summed E-state index contributed by atoms with van der Waals surface area (Å²) in [4.78, 5) is 35.5. The van der Waals surface area contributed by atoms with Gasteiger partial charge >= 0.3 is 19.8 Å². The number of phosphoric acid groups is 1. The van der Waals surface area contributed by atoms with Crippen LogP contribution in [0.15, 0.2) is 97.2 Å². The van der Waals surface area contributed by atoms with E-state index in [0.29, 0.717) is 6.42 Å². The smallest absolute Gasteiger partial charge is 0.462 e.